The van der Waals surface area contributed by atoms with Gasteiger partial charge in [0.15, 0.2) is 0 Å². The molecule has 0 radical (unpaired) electrons. The topological polar surface area (TPSA) is 66.8 Å². The number of aliphatic carboxylic acids is 1. The van der Waals surface area contributed by atoms with Crippen molar-refractivity contribution in [3.63, 3.8) is 0 Å². The van der Waals surface area contributed by atoms with E-state index >= 15 is 0 Å². The largest absolute Gasteiger partial charge is 0.497 e. The van der Waals surface area contributed by atoms with Crippen molar-refractivity contribution in [2.24, 2.45) is 5.92 Å². The van der Waals surface area contributed by atoms with Crippen molar-refractivity contribution in [2.45, 2.75) is 38.8 Å². The highest BCUT2D eigenvalue weighted by Crippen LogP contribution is 2.39. The third-order valence-electron chi connectivity index (χ3n) is 3.91. The number of ether oxygens (including phenoxy) is 1. The number of carbonyl (C=O) groups excluding carboxylic acids is 1. The predicted octanol–water partition coefficient (Wildman–Crippen LogP) is 2.30. The Kier molecular flexibility index (Phi) is 4.21. The van der Waals surface area contributed by atoms with Crippen LogP contribution in [-0.2, 0) is 16.1 Å². The van der Waals surface area contributed by atoms with E-state index in [2.05, 4.69) is 0 Å². The van der Waals surface area contributed by atoms with Crippen LogP contribution in [-0.4, -0.2) is 34.5 Å². The monoisotopic (exact) mass is 291 g/mol. The zero-order valence-corrected chi connectivity index (χ0v) is 12.6. The number of methoxy groups -OCH3 is 1. The lowest BCUT2D eigenvalue weighted by molar-refractivity contribution is -0.179. The molecule has 0 saturated carbocycles. The van der Waals surface area contributed by atoms with E-state index in [1.165, 1.54) is 4.90 Å². The molecule has 5 heteroatoms. The van der Waals surface area contributed by atoms with Gasteiger partial charge in [-0.1, -0.05) is 26.0 Å². The van der Waals surface area contributed by atoms with Gasteiger partial charge in [-0.05, 0) is 30.0 Å². The second-order valence-corrected chi connectivity index (χ2v) is 5.94. The van der Waals surface area contributed by atoms with Gasteiger partial charge in [-0.15, -0.1) is 0 Å². The third-order valence-corrected chi connectivity index (χ3v) is 3.91. The molecule has 1 aliphatic rings. The Bertz CT molecular complexity index is 538. The zero-order chi connectivity index (χ0) is 15.6. The molecule has 1 saturated heterocycles. The number of β-lactam (4-membered cyclic amide) rings is 1. The van der Waals surface area contributed by atoms with Crippen LogP contribution in [0.25, 0.3) is 0 Å². The SMILES string of the molecule is COc1ccc(CN2C(=O)CC2(CC(C)C)C(=O)O)cc1. The normalized spacial score (nSPS) is 21.3. The van der Waals surface area contributed by atoms with Crippen molar-refractivity contribution in [1.29, 1.82) is 0 Å². The first-order valence-electron chi connectivity index (χ1n) is 7.06. The molecule has 5 nitrogen and oxygen atoms in total. The molecule has 1 unspecified atom stereocenters. The molecule has 1 heterocycles. The van der Waals surface area contributed by atoms with E-state index < -0.39 is 11.5 Å². The third kappa shape index (κ3) is 2.86. The van der Waals surface area contributed by atoms with Gasteiger partial charge in [-0.2, -0.15) is 0 Å². The second kappa shape index (κ2) is 5.76. The summed E-state index contributed by atoms with van der Waals surface area (Å²) in [6.07, 6.45) is 0.570. The van der Waals surface area contributed by atoms with Gasteiger partial charge in [-0.3, -0.25) is 4.79 Å². The van der Waals surface area contributed by atoms with Gasteiger partial charge in [-0.25, -0.2) is 4.79 Å². The van der Waals surface area contributed by atoms with Crippen molar-refractivity contribution in [3.05, 3.63) is 29.8 Å². The maximum absolute atomic E-state index is 11.9. The van der Waals surface area contributed by atoms with E-state index in [-0.39, 0.29) is 18.2 Å². The number of carboxylic acid groups (broad SMARTS) is 1. The first-order valence-corrected chi connectivity index (χ1v) is 7.06. The van der Waals surface area contributed by atoms with Crippen molar-refractivity contribution in [1.82, 2.24) is 4.90 Å². The minimum absolute atomic E-state index is 0.0939. The molecule has 0 aromatic heterocycles. The summed E-state index contributed by atoms with van der Waals surface area (Å²) in [5, 5.41) is 9.57. The molecule has 0 bridgehead atoms. The van der Waals surface area contributed by atoms with Crippen molar-refractivity contribution in [3.8, 4) is 5.75 Å². The average molecular weight is 291 g/mol. The van der Waals surface area contributed by atoms with Gasteiger partial charge in [0, 0.05) is 6.54 Å². The number of carboxylic acids is 1. The Labute approximate surface area is 124 Å². The fraction of sp³-hybridized carbons (Fsp3) is 0.500. The maximum atomic E-state index is 11.9. The van der Waals surface area contributed by atoms with Gasteiger partial charge in [0.2, 0.25) is 5.91 Å². The van der Waals surface area contributed by atoms with E-state index in [1.807, 2.05) is 38.1 Å². The van der Waals surface area contributed by atoms with Crippen LogP contribution in [0, 0.1) is 5.92 Å². The Balaban J connectivity index is 2.19. The molecule has 1 fully saturated rings. The minimum atomic E-state index is -1.05. The van der Waals surface area contributed by atoms with E-state index in [1.54, 1.807) is 7.11 Å². The Morgan fingerprint density at radius 3 is 2.43 bits per heavy atom. The van der Waals surface area contributed by atoms with E-state index in [9.17, 15) is 14.7 Å². The molecule has 0 aliphatic carbocycles. The van der Waals surface area contributed by atoms with Crippen LogP contribution < -0.4 is 4.74 Å². The van der Waals surface area contributed by atoms with Crippen molar-refractivity contribution < 1.29 is 19.4 Å². The summed E-state index contributed by atoms with van der Waals surface area (Å²) in [5.74, 6) is -0.0638. The van der Waals surface area contributed by atoms with Crippen molar-refractivity contribution in [2.75, 3.05) is 7.11 Å². The molecule has 2 rings (SSSR count). The number of benzene rings is 1. The number of likely N-dealkylation sites (tertiary alicyclic amines) is 1. The van der Waals surface area contributed by atoms with E-state index in [4.69, 9.17) is 4.74 Å². The summed E-state index contributed by atoms with van der Waals surface area (Å²) in [7, 11) is 1.59. The Morgan fingerprint density at radius 2 is 2.00 bits per heavy atom. The molecule has 1 aromatic carbocycles. The molecule has 1 N–H and O–H groups in total. The zero-order valence-electron chi connectivity index (χ0n) is 12.6. The highest BCUT2D eigenvalue weighted by Gasteiger charge is 2.56. The van der Waals surface area contributed by atoms with Crippen LogP contribution in [0.5, 0.6) is 5.75 Å². The number of amides is 1. The first-order chi connectivity index (χ1) is 9.89. The van der Waals surface area contributed by atoms with Gasteiger partial charge >= 0.3 is 5.97 Å². The molecule has 21 heavy (non-hydrogen) atoms. The Morgan fingerprint density at radius 1 is 1.38 bits per heavy atom. The highest BCUT2D eigenvalue weighted by molar-refractivity contribution is 5.98. The summed E-state index contributed by atoms with van der Waals surface area (Å²) in [4.78, 5) is 25.1. The van der Waals surface area contributed by atoms with Crippen LogP contribution in [0.4, 0.5) is 0 Å². The van der Waals surface area contributed by atoms with Crippen LogP contribution in [0.1, 0.15) is 32.3 Å². The van der Waals surface area contributed by atoms with Crippen LogP contribution in [0.3, 0.4) is 0 Å². The van der Waals surface area contributed by atoms with Crippen LogP contribution >= 0.6 is 0 Å². The molecule has 114 valence electrons. The quantitative estimate of drug-likeness (QED) is 0.817. The highest BCUT2D eigenvalue weighted by atomic mass is 16.5. The molecule has 1 amide bonds. The van der Waals surface area contributed by atoms with E-state index in [0.717, 1.165) is 11.3 Å². The lowest BCUT2D eigenvalue weighted by Crippen LogP contribution is -2.67. The summed E-state index contributed by atoms with van der Waals surface area (Å²) in [6, 6.07) is 7.33. The summed E-state index contributed by atoms with van der Waals surface area (Å²) in [6.45, 7) is 4.26. The summed E-state index contributed by atoms with van der Waals surface area (Å²) < 4.78 is 5.09. The van der Waals surface area contributed by atoms with Gasteiger partial charge in [0.05, 0.1) is 13.5 Å². The van der Waals surface area contributed by atoms with Crippen LogP contribution in [0.2, 0.25) is 0 Å². The van der Waals surface area contributed by atoms with E-state index in [0.29, 0.717) is 13.0 Å². The number of nitrogens with zero attached hydrogens (tertiary/aromatic N) is 1. The molecular weight excluding hydrogens is 270 g/mol. The molecule has 1 atom stereocenters. The predicted molar refractivity (Wildman–Crippen MR) is 78.0 cm³/mol. The fourth-order valence-corrected chi connectivity index (χ4v) is 2.88. The number of rotatable bonds is 6. The average Bonchev–Trinajstić information content (AvgIpc) is 2.44. The Hall–Kier alpha value is -2.04. The number of hydrogen-bond acceptors (Lipinski definition) is 3. The van der Waals surface area contributed by atoms with Crippen LogP contribution in [0.15, 0.2) is 24.3 Å². The molecule has 0 spiro atoms. The minimum Gasteiger partial charge on any atom is -0.497 e. The van der Waals surface area contributed by atoms with Gasteiger partial charge in [0.1, 0.15) is 11.3 Å². The lowest BCUT2D eigenvalue weighted by Gasteiger charge is -2.49. The van der Waals surface area contributed by atoms with Gasteiger partial charge in [0.25, 0.3) is 0 Å². The van der Waals surface area contributed by atoms with Gasteiger partial charge < -0.3 is 14.7 Å². The fourth-order valence-electron chi connectivity index (χ4n) is 2.88. The lowest BCUT2D eigenvalue weighted by atomic mass is 9.77. The maximum Gasteiger partial charge on any atom is 0.330 e. The van der Waals surface area contributed by atoms with Crippen molar-refractivity contribution >= 4 is 11.9 Å². The summed E-state index contributed by atoms with van der Waals surface area (Å²) >= 11 is 0. The second-order valence-electron chi connectivity index (χ2n) is 5.94. The molecule has 1 aliphatic heterocycles. The molecular formula is C16H21NO4. The number of carbonyl (C=O) groups is 2. The smallest absolute Gasteiger partial charge is 0.330 e. The first kappa shape index (κ1) is 15.4. The summed E-state index contributed by atoms with van der Waals surface area (Å²) in [5.41, 5.74) is -0.149. The standard InChI is InChI=1S/C16H21NO4/c1-11(2)8-16(15(19)20)9-14(18)17(16)10-12-4-6-13(21-3)7-5-12/h4-7,11H,8-10H2,1-3H3,(H,19,20). The molecule has 1 aromatic rings. The number of hydrogen-bond donors (Lipinski definition) is 1.